The molecule has 0 aromatic heterocycles. The number of carbonyl (C=O) groups is 2. The molecule has 144 valence electrons. The number of benzene rings is 3. The maximum Gasteiger partial charge on any atom is 0.331 e. The molecule has 3 aromatic rings. The average molecular weight is 401 g/mol. The molecule has 1 heterocycles. The van der Waals surface area contributed by atoms with Gasteiger partial charge in [-0.3, -0.25) is 14.6 Å². The molecule has 0 spiro atoms. The van der Waals surface area contributed by atoms with Crippen molar-refractivity contribution in [2.24, 2.45) is 0 Å². The quantitative estimate of drug-likeness (QED) is 0.382. The predicted octanol–water partition coefficient (Wildman–Crippen LogP) is 3.35. The number of nitrogens with zero attached hydrogens (tertiary/aromatic N) is 2. The summed E-state index contributed by atoms with van der Waals surface area (Å²) in [4.78, 5) is 28.0. The molecule has 1 aliphatic rings. The van der Waals surface area contributed by atoms with E-state index in [0.717, 1.165) is 15.9 Å². The zero-order valence-corrected chi connectivity index (χ0v) is 17.3. The highest BCUT2D eigenvalue weighted by Crippen LogP contribution is 2.58. The van der Waals surface area contributed by atoms with Gasteiger partial charge in [0.05, 0.1) is 0 Å². The fraction of sp³-hybridized carbons (Fsp3) is 0.0833. The van der Waals surface area contributed by atoms with Gasteiger partial charge < -0.3 is 0 Å². The van der Waals surface area contributed by atoms with Crippen molar-refractivity contribution < 1.29 is 9.59 Å². The highest BCUT2D eigenvalue weighted by atomic mass is 31.2. The van der Waals surface area contributed by atoms with Crippen molar-refractivity contribution in [2.45, 2.75) is 0 Å². The van der Waals surface area contributed by atoms with Gasteiger partial charge in [0, 0.05) is 14.1 Å². The van der Waals surface area contributed by atoms with Gasteiger partial charge in [-0.05, 0) is 36.4 Å². The first-order valence-electron chi connectivity index (χ1n) is 9.40. The van der Waals surface area contributed by atoms with Crippen LogP contribution in [0.1, 0.15) is 0 Å². The van der Waals surface area contributed by atoms with Gasteiger partial charge in [-0.2, -0.15) is 0 Å². The lowest BCUT2D eigenvalue weighted by molar-refractivity contribution is -0.122. The minimum atomic E-state index is -2.33. The molecule has 1 aliphatic heterocycles. The van der Waals surface area contributed by atoms with Crippen LogP contribution in [-0.4, -0.2) is 35.8 Å². The Morgan fingerprint density at radius 3 is 1.31 bits per heavy atom. The van der Waals surface area contributed by atoms with Crippen molar-refractivity contribution in [1.82, 2.24) is 9.80 Å². The van der Waals surface area contributed by atoms with Gasteiger partial charge in [0.1, 0.15) is 34.7 Å². The minimum Gasteiger partial charge on any atom is -0.289 e. The first kappa shape index (κ1) is 19.1. The number of hydrogen-bond acceptors (Lipinski definition) is 2. The third-order valence-electron chi connectivity index (χ3n) is 5.27. The van der Waals surface area contributed by atoms with Crippen LogP contribution in [0, 0.1) is 0 Å². The molecule has 0 saturated carbocycles. The summed E-state index contributed by atoms with van der Waals surface area (Å²) in [6, 6.07) is 30.4. The first-order valence-corrected chi connectivity index (χ1v) is 11.3. The van der Waals surface area contributed by atoms with Crippen molar-refractivity contribution in [1.29, 1.82) is 0 Å². The van der Waals surface area contributed by atoms with E-state index in [-0.39, 0.29) is 11.9 Å². The van der Waals surface area contributed by atoms with E-state index in [2.05, 4.69) is 36.4 Å². The Morgan fingerprint density at radius 1 is 0.621 bits per heavy atom. The molecule has 1 fully saturated rings. The fourth-order valence-electron chi connectivity index (χ4n) is 3.72. The Bertz CT molecular complexity index is 969. The monoisotopic (exact) mass is 401 g/mol. The molecule has 0 atom stereocenters. The maximum absolute atomic E-state index is 12.9. The molecule has 3 amide bonds. The summed E-state index contributed by atoms with van der Waals surface area (Å²) in [6.07, 6.45) is 0. The van der Waals surface area contributed by atoms with E-state index < -0.39 is 7.26 Å². The summed E-state index contributed by atoms with van der Waals surface area (Å²) in [5, 5.41) is 3.40. The molecule has 1 saturated heterocycles. The van der Waals surface area contributed by atoms with Crippen LogP contribution in [0.5, 0.6) is 0 Å². The van der Waals surface area contributed by atoms with E-state index in [1.807, 2.05) is 60.4 Å². The Kier molecular flexibility index (Phi) is 5.04. The summed E-state index contributed by atoms with van der Waals surface area (Å²) < 4.78 is 0. The lowest BCUT2D eigenvalue weighted by Gasteiger charge is -2.25. The standard InChI is InChI=1S/C24H22N2O2P/c1-25-22(23(27)26(2)24(25)28)18-29(19-12-6-3-7-13-19,20-14-8-4-9-15-20)21-16-10-5-11-17-21/h3-18H,1-2H3/q+1/b22-18-. The lowest BCUT2D eigenvalue weighted by Crippen LogP contribution is -2.31. The molecule has 4 nitrogen and oxygen atoms in total. The number of rotatable bonds is 4. The van der Waals surface area contributed by atoms with Gasteiger partial charge in [-0.25, -0.2) is 4.79 Å². The van der Waals surface area contributed by atoms with E-state index in [9.17, 15) is 9.59 Å². The Balaban J connectivity index is 2.08. The van der Waals surface area contributed by atoms with Gasteiger partial charge in [-0.15, -0.1) is 0 Å². The van der Waals surface area contributed by atoms with E-state index in [0.29, 0.717) is 5.70 Å². The number of likely N-dealkylation sites (N-methyl/N-ethyl adjacent to an activating group) is 2. The minimum absolute atomic E-state index is 0.273. The van der Waals surface area contributed by atoms with Gasteiger partial charge >= 0.3 is 6.03 Å². The Morgan fingerprint density at radius 2 is 1.00 bits per heavy atom. The lowest BCUT2D eigenvalue weighted by atomic mass is 10.4. The smallest absolute Gasteiger partial charge is 0.289 e. The van der Waals surface area contributed by atoms with E-state index >= 15 is 0 Å². The second kappa shape index (κ2) is 7.65. The highest BCUT2D eigenvalue weighted by Gasteiger charge is 2.48. The van der Waals surface area contributed by atoms with Crippen LogP contribution in [0.4, 0.5) is 4.79 Å². The molecule has 0 aliphatic carbocycles. The van der Waals surface area contributed by atoms with Crippen molar-refractivity contribution >= 4 is 35.1 Å². The molecular formula is C24H22N2O2P+. The fourth-order valence-corrected chi connectivity index (χ4v) is 7.64. The van der Waals surface area contributed by atoms with Crippen LogP contribution >= 0.6 is 7.26 Å². The third-order valence-corrected chi connectivity index (χ3v) is 9.24. The molecule has 4 rings (SSSR count). The second-order valence-corrected chi connectivity index (χ2v) is 10.2. The summed E-state index contributed by atoms with van der Waals surface area (Å²) >= 11 is 0. The topological polar surface area (TPSA) is 40.6 Å². The molecule has 3 aromatic carbocycles. The zero-order chi connectivity index (χ0) is 20.4. The van der Waals surface area contributed by atoms with Crippen molar-refractivity contribution in [3.8, 4) is 0 Å². The second-order valence-electron chi connectivity index (χ2n) is 6.95. The van der Waals surface area contributed by atoms with Crippen molar-refractivity contribution in [3.63, 3.8) is 0 Å². The van der Waals surface area contributed by atoms with Crippen molar-refractivity contribution in [2.75, 3.05) is 14.1 Å². The average Bonchev–Trinajstić information content (AvgIpc) is 2.96. The third kappa shape index (κ3) is 3.16. The first-order chi connectivity index (χ1) is 14.1. The molecule has 29 heavy (non-hydrogen) atoms. The van der Waals surface area contributed by atoms with Gasteiger partial charge in [0.25, 0.3) is 5.91 Å². The molecule has 0 bridgehead atoms. The number of imide groups is 1. The molecule has 5 heteroatoms. The summed E-state index contributed by atoms with van der Waals surface area (Å²) in [5.74, 6) is 1.76. The van der Waals surface area contributed by atoms with Crippen LogP contribution in [0.3, 0.4) is 0 Å². The largest absolute Gasteiger partial charge is 0.331 e. The molecule has 0 unspecified atom stereocenters. The highest BCUT2D eigenvalue weighted by molar-refractivity contribution is 7.98. The zero-order valence-electron chi connectivity index (χ0n) is 16.4. The summed E-state index contributed by atoms with van der Waals surface area (Å²) in [5.41, 5.74) is 0.419. The van der Waals surface area contributed by atoms with Crippen LogP contribution < -0.4 is 15.9 Å². The van der Waals surface area contributed by atoms with E-state index in [1.165, 1.54) is 16.8 Å². The Hall–Kier alpha value is -3.23. The number of urea groups is 1. The Labute approximate surface area is 171 Å². The summed E-state index contributed by atoms with van der Waals surface area (Å²) in [7, 11) is 0.848. The van der Waals surface area contributed by atoms with Crippen molar-refractivity contribution in [3.05, 3.63) is 103 Å². The van der Waals surface area contributed by atoms with Crippen LogP contribution in [0.25, 0.3) is 0 Å². The number of hydrogen-bond donors (Lipinski definition) is 0. The van der Waals surface area contributed by atoms with Gasteiger partial charge in [0.2, 0.25) is 0 Å². The molecule has 0 radical (unpaired) electrons. The summed E-state index contributed by atoms with van der Waals surface area (Å²) in [6.45, 7) is 0. The SMILES string of the molecule is CN1C(=O)/C(=C/[P+](c2ccccc2)(c2ccccc2)c2ccccc2)N(C)C1=O. The normalized spacial score (nSPS) is 16.0. The number of carbonyl (C=O) groups excluding carboxylic acids is 2. The van der Waals surface area contributed by atoms with Crippen LogP contribution in [-0.2, 0) is 4.79 Å². The van der Waals surface area contributed by atoms with E-state index in [1.54, 1.807) is 7.05 Å². The molecule has 0 N–H and O–H groups in total. The van der Waals surface area contributed by atoms with E-state index in [4.69, 9.17) is 0 Å². The van der Waals surface area contributed by atoms with Crippen LogP contribution in [0.2, 0.25) is 0 Å². The van der Waals surface area contributed by atoms with Gasteiger partial charge in [-0.1, -0.05) is 54.6 Å². The number of amides is 3. The maximum atomic E-state index is 12.9. The van der Waals surface area contributed by atoms with Gasteiger partial charge in [0.15, 0.2) is 0 Å². The predicted molar refractivity (Wildman–Crippen MR) is 119 cm³/mol. The van der Waals surface area contributed by atoms with Crippen LogP contribution in [0.15, 0.2) is 103 Å². The molecular weight excluding hydrogens is 379 g/mol.